The SMILES string of the molecule is CC(C)(C)c1ccc(C(Cl)c2ccc(S(C)(=O)=O)cc2)s1. The zero-order valence-electron chi connectivity index (χ0n) is 12.6. The molecular formula is C16H19ClO2S2. The lowest BCUT2D eigenvalue weighted by Gasteiger charge is -2.15. The maximum atomic E-state index is 11.5. The highest BCUT2D eigenvalue weighted by Gasteiger charge is 2.20. The van der Waals surface area contributed by atoms with Gasteiger partial charge in [-0.15, -0.1) is 22.9 Å². The van der Waals surface area contributed by atoms with Gasteiger partial charge in [0.15, 0.2) is 9.84 Å². The average molecular weight is 343 g/mol. The lowest BCUT2D eigenvalue weighted by molar-refractivity contribution is 0.601. The van der Waals surface area contributed by atoms with Crippen LogP contribution in [0, 0.1) is 0 Å². The maximum Gasteiger partial charge on any atom is 0.175 e. The second-order valence-electron chi connectivity index (χ2n) is 6.16. The summed E-state index contributed by atoms with van der Waals surface area (Å²) in [6.07, 6.45) is 1.20. The van der Waals surface area contributed by atoms with Crippen LogP contribution in [0.25, 0.3) is 0 Å². The molecule has 114 valence electrons. The Morgan fingerprint density at radius 2 is 1.62 bits per heavy atom. The molecular weight excluding hydrogens is 324 g/mol. The molecule has 2 aromatic rings. The second-order valence-corrected chi connectivity index (χ2v) is 9.72. The molecule has 0 aliphatic heterocycles. The van der Waals surface area contributed by atoms with Crippen LogP contribution >= 0.6 is 22.9 Å². The molecule has 0 bridgehead atoms. The van der Waals surface area contributed by atoms with E-state index in [0.29, 0.717) is 4.90 Å². The molecule has 2 rings (SSSR count). The predicted molar refractivity (Wildman–Crippen MR) is 90.3 cm³/mol. The van der Waals surface area contributed by atoms with Gasteiger partial charge in [-0.2, -0.15) is 0 Å². The van der Waals surface area contributed by atoms with E-state index in [4.69, 9.17) is 11.6 Å². The van der Waals surface area contributed by atoms with E-state index in [1.165, 1.54) is 11.1 Å². The van der Waals surface area contributed by atoms with Crippen molar-refractivity contribution in [3.05, 3.63) is 51.7 Å². The number of sulfone groups is 1. The number of benzene rings is 1. The monoisotopic (exact) mass is 342 g/mol. The molecule has 1 aromatic heterocycles. The molecule has 0 saturated heterocycles. The molecule has 0 fully saturated rings. The van der Waals surface area contributed by atoms with E-state index < -0.39 is 9.84 Å². The number of halogens is 1. The van der Waals surface area contributed by atoms with Crippen LogP contribution in [0.1, 0.15) is 41.5 Å². The first-order valence-electron chi connectivity index (χ1n) is 6.63. The van der Waals surface area contributed by atoms with Crippen LogP contribution in [0.4, 0.5) is 0 Å². The van der Waals surface area contributed by atoms with Crippen molar-refractivity contribution in [1.82, 2.24) is 0 Å². The van der Waals surface area contributed by atoms with Gasteiger partial charge in [0.2, 0.25) is 0 Å². The third kappa shape index (κ3) is 3.87. The van der Waals surface area contributed by atoms with Crippen LogP contribution in [0.3, 0.4) is 0 Å². The Labute approximate surface area is 135 Å². The Kier molecular flexibility index (Phi) is 4.52. The van der Waals surface area contributed by atoms with Gasteiger partial charge in [-0.25, -0.2) is 8.42 Å². The largest absolute Gasteiger partial charge is 0.224 e. The van der Waals surface area contributed by atoms with Gasteiger partial charge in [-0.3, -0.25) is 0 Å². The minimum absolute atomic E-state index is 0.111. The summed E-state index contributed by atoms with van der Waals surface area (Å²) in [7, 11) is -3.17. The molecule has 0 amide bonds. The molecule has 21 heavy (non-hydrogen) atoms. The molecule has 5 heteroatoms. The molecule has 1 aromatic carbocycles. The minimum atomic E-state index is -3.17. The fourth-order valence-electron chi connectivity index (χ4n) is 1.94. The van der Waals surface area contributed by atoms with E-state index in [-0.39, 0.29) is 10.8 Å². The lowest BCUT2D eigenvalue weighted by Crippen LogP contribution is -2.07. The van der Waals surface area contributed by atoms with Crippen LogP contribution in [-0.2, 0) is 15.3 Å². The van der Waals surface area contributed by atoms with Gasteiger partial charge in [-0.05, 0) is 35.2 Å². The highest BCUT2D eigenvalue weighted by molar-refractivity contribution is 7.90. The molecule has 0 spiro atoms. The third-order valence-corrected chi connectivity index (χ3v) is 6.54. The van der Waals surface area contributed by atoms with Gasteiger partial charge in [0, 0.05) is 16.0 Å². The quantitative estimate of drug-likeness (QED) is 0.752. The Balaban J connectivity index is 2.28. The Bertz CT molecular complexity index is 722. The predicted octanol–water partition coefficient (Wildman–Crippen LogP) is 4.78. The second kappa shape index (κ2) is 5.75. The number of hydrogen-bond donors (Lipinski definition) is 0. The fourth-order valence-corrected chi connectivity index (χ4v) is 3.99. The molecule has 1 atom stereocenters. The standard InChI is InChI=1S/C16H19ClO2S2/c1-16(2,3)14-10-9-13(20-14)15(17)11-5-7-12(8-6-11)21(4,18)19/h5-10,15H,1-4H3. The van der Waals surface area contributed by atoms with Crippen molar-refractivity contribution < 1.29 is 8.42 Å². The summed E-state index contributed by atoms with van der Waals surface area (Å²) in [5.74, 6) is 0. The smallest absolute Gasteiger partial charge is 0.175 e. The molecule has 0 radical (unpaired) electrons. The molecule has 0 saturated carbocycles. The Hall–Kier alpha value is -0.840. The Morgan fingerprint density at radius 1 is 1.05 bits per heavy atom. The van der Waals surface area contributed by atoms with E-state index >= 15 is 0 Å². The van der Waals surface area contributed by atoms with Crippen molar-refractivity contribution in [3.8, 4) is 0 Å². The van der Waals surface area contributed by atoms with Crippen molar-refractivity contribution >= 4 is 32.8 Å². The van der Waals surface area contributed by atoms with Gasteiger partial charge < -0.3 is 0 Å². The molecule has 1 heterocycles. The van der Waals surface area contributed by atoms with Gasteiger partial charge >= 0.3 is 0 Å². The van der Waals surface area contributed by atoms with Crippen LogP contribution in [0.5, 0.6) is 0 Å². The highest BCUT2D eigenvalue weighted by atomic mass is 35.5. The highest BCUT2D eigenvalue weighted by Crippen LogP contribution is 2.37. The van der Waals surface area contributed by atoms with E-state index in [2.05, 4.69) is 26.8 Å². The lowest BCUT2D eigenvalue weighted by atomic mass is 9.95. The summed E-state index contributed by atoms with van der Waals surface area (Å²) in [4.78, 5) is 2.68. The van der Waals surface area contributed by atoms with Crippen LogP contribution in [-0.4, -0.2) is 14.7 Å². The zero-order valence-corrected chi connectivity index (χ0v) is 14.9. The van der Waals surface area contributed by atoms with E-state index in [9.17, 15) is 8.42 Å². The first-order chi connectivity index (χ1) is 9.59. The maximum absolute atomic E-state index is 11.5. The summed E-state index contributed by atoms with van der Waals surface area (Å²) in [6, 6.07) is 10.9. The summed E-state index contributed by atoms with van der Waals surface area (Å²) in [5, 5.41) is -0.250. The van der Waals surface area contributed by atoms with E-state index in [1.54, 1.807) is 35.6 Å². The van der Waals surface area contributed by atoms with Crippen molar-refractivity contribution in [2.75, 3.05) is 6.26 Å². The topological polar surface area (TPSA) is 34.1 Å². The third-order valence-electron chi connectivity index (χ3n) is 3.22. The van der Waals surface area contributed by atoms with Crippen LogP contribution < -0.4 is 0 Å². The fraction of sp³-hybridized carbons (Fsp3) is 0.375. The number of alkyl halides is 1. The van der Waals surface area contributed by atoms with E-state index in [1.807, 2.05) is 6.07 Å². The van der Waals surface area contributed by atoms with Gasteiger partial charge in [-0.1, -0.05) is 32.9 Å². The first-order valence-corrected chi connectivity index (χ1v) is 9.78. The van der Waals surface area contributed by atoms with Crippen molar-refractivity contribution in [1.29, 1.82) is 0 Å². The molecule has 0 N–H and O–H groups in total. The summed E-state index contributed by atoms with van der Waals surface area (Å²) in [5.41, 5.74) is 1.02. The minimum Gasteiger partial charge on any atom is -0.224 e. The van der Waals surface area contributed by atoms with Gasteiger partial charge in [0.1, 0.15) is 0 Å². The first kappa shape index (κ1) is 16.5. The molecule has 0 aliphatic carbocycles. The van der Waals surface area contributed by atoms with E-state index in [0.717, 1.165) is 10.4 Å². The average Bonchev–Trinajstić information content (AvgIpc) is 2.86. The normalized spacial score (nSPS) is 14.1. The zero-order chi connectivity index (χ0) is 15.8. The summed E-state index contributed by atoms with van der Waals surface area (Å²) >= 11 is 8.22. The Morgan fingerprint density at radius 3 is 2.05 bits per heavy atom. The summed E-state index contributed by atoms with van der Waals surface area (Å²) in [6.45, 7) is 6.52. The van der Waals surface area contributed by atoms with Crippen LogP contribution in [0.2, 0.25) is 0 Å². The van der Waals surface area contributed by atoms with Crippen molar-refractivity contribution in [2.24, 2.45) is 0 Å². The number of rotatable bonds is 3. The number of thiophene rings is 1. The molecule has 2 nitrogen and oxygen atoms in total. The number of hydrogen-bond acceptors (Lipinski definition) is 3. The summed E-state index contributed by atoms with van der Waals surface area (Å²) < 4.78 is 22.9. The van der Waals surface area contributed by atoms with Crippen molar-refractivity contribution in [2.45, 2.75) is 36.5 Å². The van der Waals surface area contributed by atoms with Gasteiger partial charge in [0.25, 0.3) is 0 Å². The molecule has 1 unspecified atom stereocenters. The van der Waals surface area contributed by atoms with Crippen molar-refractivity contribution in [3.63, 3.8) is 0 Å². The van der Waals surface area contributed by atoms with Gasteiger partial charge in [0.05, 0.1) is 10.3 Å². The van der Waals surface area contributed by atoms with Crippen LogP contribution in [0.15, 0.2) is 41.3 Å². The molecule has 0 aliphatic rings.